The fourth-order valence-corrected chi connectivity index (χ4v) is 3.50. The molecule has 6 nitrogen and oxygen atoms in total. The van der Waals surface area contributed by atoms with Gasteiger partial charge in [-0.05, 0) is 18.1 Å². The zero-order chi connectivity index (χ0) is 16.5. The molecule has 2 atom stereocenters. The highest BCUT2D eigenvalue weighted by Crippen LogP contribution is 2.41. The van der Waals surface area contributed by atoms with E-state index in [2.05, 4.69) is 32.3 Å². The summed E-state index contributed by atoms with van der Waals surface area (Å²) in [6, 6.07) is 8.28. The van der Waals surface area contributed by atoms with Crippen LogP contribution in [0.3, 0.4) is 0 Å². The van der Waals surface area contributed by atoms with Gasteiger partial charge < -0.3 is 15.0 Å². The van der Waals surface area contributed by atoms with Gasteiger partial charge in [0.1, 0.15) is 6.61 Å². The Morgan fingerprint density at radius 3 is 2.88 bits per heavy atom. The van der Waals surface area contributed by atoms with Crippen LogP contribution in [0.15, 0.2) is 36.7 Å². The predicted octanol–water partition coefficient (Wildman–Crippen LogP) is 2.27. The number of halogens is 1. The minimum atomic E-state index is -0.0459. The molecule has 2 aromatic rings. The maximum absolute atomic E-state index is 11.5. The Kier molecular flexibility index (Phi) is 4.08. The number of amides is 1. The molecule has 1 aromatic heterocycles. The molecule has 124 valence electrons. The van der Waals surface area contributed by atoms with Crippen molar-refractivity contribution in [2.24, 2.45) is 0 Å². The van der Waals surface area contributed by atoms with Crippen molar-refractivity contribution < 1.29 is 9.53 Å². The van der Waals surface area contributed by atoms with E-state index in [-0.39, 0.29) is 24.5 Å². The molecule has 0 saturated carbocycles. The van der Waals surface area contributed by atoms with Crippen LogP contribution in [0.5, 0.6) is 0 Å². The minimum Gasteiger partial charge on any atom is -0.370 e. The van der Waals surface area contributed by atoms with Gasteiger partial charge in [-0.25, -0.2) is 9.97 Å². The largest absolute Gasteiger partial charge is 0.370 e. The van der Waals surface area contributed by atoms with Crippen molar-refractivity contribution in [1.82, 2.24) is 15.3 Å². The summed E-state index contributed by atoms with van der Waals surface area (Å²) in [4.78, 5) is 22.3. The summed E-state index contributed by atoms with van der Waals surface area (Å²) in [6.07, 6.45) is 4.04. The van der Waals surface area contributed by atoms with Gasteiger partial charge >= 0.3 is 0 Å². The molecular weight excluding hydrogens is 328 g/mol. The lowest BCUT2D eigenvalue weighted by Crippen LogP contribution is -2.46. The highest BCUT2D eigenvalue weighted by Gasteiger charge is 2.33. The quantitative estimate of drug-likeness (QED) is 0.925. The molecule has 1 saturated heterocycles. The number of nitrogens with zero attached hydrogens (tertiary/aromatic N) is 3. The van der Waals surface area contributed by atoms with E-state index in [1.165, 1.54) is 5.56 Å². The van der Waals surface area contributed by atoms with Crippen molar-refractivity contribution in [3.05, 3.63) is 47.2 Å². The minimum absolute atomic E-state index is 0.0374. The summed E-state index contributed by atoms with van der Waals surface area (Å²) < 4.78 is 5.35. The molecule has 7 heteroatoms. The lowest BCUT2D eigenvalue weighted by atomic mass is 9.94. The average Bonchev–Trinajstić information content (AvgIpc) is 2.95. The number of hydrogen-bond donors (Lipinski definition) is 1. The molecule has 2 unspecified atom stereocenters. The number of anilines is 2. The van der Waals surface area contributed by atoms with Crippen LogP contribution in [-0.4, -0.2) is 41.7 Å². The third kappa shape index (κ3) is 2.95. The third-order valence-corrected chi connectivity index (χ3v) is 4.60. The van der Waals surface area contributed by atoms with Crippen LogP contribution in [-0.2, 0) is 9.53 Å². The van der Waals surface area contributed by atoms with Gasteiger partial charge in [-0.1, -0.05) is 29.8 Å². The Balaban J connectivity index is 1.59. The molecule has 24 heavy (non-hydrogen) atoms. The maximum atomic E-state index is 11.5. The summed E-state index contributed by atoms with van der Waals surface area (Å²) >= 11 is 5.89. The van der Waals surface area contributed by atoms with E-state index >= 15 is 0 Å². The van der Waals surface area contributed by atoms with Gasteiger partial charge in [0.2, 0.25) is 11.9 Å². The molecule has 1 N–H and O–H groups in total. The molecular formula is C17H17ClN4O2. The number of para-hydroxylation sites is 1. The number of fused-ring (bicyclic) bond motifs is 1. The lowest BCUT2D eigenvalue weighted by molar-refractivity contribution is -0.131. The Bertz CT molecular complexity index is 753. The van der Waals surface area contributed by atoms with Crippen molar-refractivity contribution in [2.75, 3.05) is 24.7 Å². The van der Waals surface area contributed by atoms with E-state index in [4.69, 9.17) is 16.3 Å². The molecule has 1 fully saturated rings. The van der Waals surface area contributed by atoms with Crippen LogP contribution in [0.25, 0.3) is 0 Å². The van der Waals surface area contributed by atoms with Gasteiger partial charge in [0.15, 0.2) is 0 Å². The van der Waals surface area contributed by atoms with Crippen LogP contribution < -0.4 is 10.2 Å². The number of carbonyl (C=O) groups excluding carboxylic acids is 1. The molecule has 0 aliphatic carbocycles. The first kappa shape index (κ1) is 15.4. The van der Waals surface area contributed by atoms with Crippen LogP contribution in [0.2, 0.25) is 5.02 Å². The van der Waals surface area contributed by atoms with Crippen molar-refractivity contribution >= 4 is 29.1 Å². The van der Waals surface area contributed by atoms with Gasteiger partial charge in [-0.2, -0.15) is 0 Å². The van der Waals surface area contributed by atoms with Gasteiger partial charge in [0, 0.05) is 18.2 Å². The van der Waals surface area contributed by atoms with Crippen LogP contribution >= 0.6 is 11.6 Å². The van der Waals surface area contributed by atoms with Crippen molar-refractivity contribution in [1.29, 1.82) is 0 Å². The predicted molar refractivity (Wildman–Crippen MR) is 90.6 cm³/mol. The van der Waals surface area contributed by atoms with Gasteiger partial charge in [-0.15, -0.1) is 0 Å². The standard InChI is InChI=1S/C17H17ClN4O2/c18-12-6-19-17(20-7-12)22-8-11(14-3-1-2-4-15(14)22)5-13-9-24-10-16(23)21-13/h1-4,6-7,11,13H,5,8-10H2,(H,21,23). The van der Waals surface area contributed by atoms with E-state index < -0.39 is 0 Å². The zero-order valence-corrected chi connectivity index (χ0v) is 13.7. The third-order valence-electron chi connectivity index (χ3n) is 4.40. The number of benzene rings is 1. The molecule has 0 bridgehead atoms. The van der Waals surface area contributed by atoms with Crippen LogP contribution in [0.1, 0.15) is 17.9 Å². The van der Waals surface area contributed by atoms with E-state index in [1.54, 1.807) is 12.4 Å². The number of ether oxygens (including phenoxy) is 1. The summed E-state index contributed by atoms with van der Waals surface area (Å²) in [5.41, 5.74) is 2.35. The molecule has 2 aliphatic heterocycles. The normalized spacial score (nSPS) is 23.0. The van der Waals surface area contributed by atoms with E-state index in [9.17, 15) is 4.79 Å². The number of aromatic nitrogens is 2. The van der Waals surface area contributed by atoms with Gasteiger partial charge in [-0.3, -0.25) is 4.79 Å². The molecule has 2 aliphatic rings. The smallest absolute Gasteiger partial charge is 0.246 e. The second-order valence-electron chi connectivity index (χ2n) is 6.08. The lowest BCUT2D eigenvalue weighted by Gasteiger charge is -2.26. The molecule has 1 amide bonds. The molecule has 0 spiro atoms. The maximum Gasteiger partial charge on any atom is 0.246 e. The molecule has 4 rings (SSSR count). The van der Waals surface area contributed by atoms with E-state index in [1.807, 2.05) is 12.1 Å². The molecule has 1 aromatic carbocycles. The first-order chi connectivity index (χ1) is 11.7. The number of morpholine rings is 1. The van der Waals surface area contributed by atoms with Crippen molar-refractivity contribution in [3.63, 3.8) is 0 Å². The van der Waals surface area contributed by atoms with Gasteiger partial charge in [0.25, 0.3) is 0 Å². The SMILES string of the molecule is O=C1COCC(CC2CN(c3ncc(Cl)cn3)c3ccccc32)N1. The number of carbonyl (C=O) groups is 1. The van der Waals surface area contributed by atoms with Crippen molar-refractivity contribution in [2.45, 2.75) is 18.4 Å². The second kappa shape index (κ2) is 6.37. The van der Waals surface area contributed by atoms with E-state index in [0.29, 0.717) is 17.6 Å². The van der Waals surface area contributed by atoms with Crippen LogP contribution in [0.4, 0.5) is 11.6 Å². The molecule has 3 heterocycles. The first-order valence-electron chi connectivity index (χ1n) is 7.92. The zero-order valence-electron chi connectivity index (χ0n) is 13.0. The van der Waals surface area contributed by atoms with Gasteiger partial charge in [0.05, 0.1) is 30.1 Å². The number of rotatable bonds is 3. The first-order valence-corrected chi connectivity index (χ1v) is 8.29. The summed E-state index contributed by atoms with van der Waals surface area (Å²) in [6.45, 7) is 1.48. The average molecular weight is 345 g/mol. The highest BCUT2D eigenvalue weighted by atomic mass is 35.5. The Labute approximate surface area is 144 Å². The Morgan fingerprint density at radius 2 is 2.08 bits per heavy atom. The second-order valence-corrected chi connectivity index (χ2v) is 6.52. The highest BCUT2D eigenvalue weighted by molar-refractivity contribution is 6.30. The van der Waals surface area contributed by atoms with Crippen LogP contribution in [0, 0.1) is 0 Å². The molecule has 0 radical (unpaired) electrons. The monoisotopic (exact) mass is 344 g/mol. The fraction of sp³-hybridized carbons (Fsp3) is 0.353. The number of hydrogen-bond acceptors (Lipinski definition) is 5. The fourth-order valence-electron chi connectivity index (χ4n) is 3.41. The summed E-state index contributed by atoms with van der Waals surface area (Å²) in [5.74, 6) is 0.876. The summed E-state index contributed by atoms with van der Waals surface area (Å²) in [5, 5.41) is 3.52. The topological polar surface area (TPSA) is 67.3 Å². The number of nitrogens with one attached hydrogen (secondary N) is 1. The summed E-state index contributed by atoms with van der Waals surface area (Å²) in [7, 11) is 0. The Hall–Kier alpha value is -2.18. The van der Waals surface area contributed by atoms with Crippen molar-refractivity contribution in [3.8, 4) is 0 Å². The van der Waals surface area contributed by atoms with E-state index in [0.717, 1.165) is 18.7 Å². The Morgan fingerprint density at radius 1 is 1.29 bits per heavy atom.